The maximum absolute atomic E-state index is 12.0. The molecule has 0 aromatic rings. The number of hydrogen-bond donors (Lipinski definition) is 5. The van der Waals surface area contributed by atoms with Crippen LogP contribution in [0.5, 0.6) is 0 Å². The number of carboxylic acid groups (broad SMARTS) is 2. The lowest BCUT2D eigenvalue weighted by Gasteiger charge is -2.26. The van der Waals surface area contributed by atoms with Gasteiger partial charge in [0.25, 0.3) is 0 Å². The normalized spacial score (nSPS) is 14.6. The van der Waals surface area contributed by atoms with E-state index in [1.54, 1.807) is 18.2 Å². The van der Waals surface area contributed by atoms with Crippen molar-refractivity contribution in [1.82, 2.24) is 15.5 Å². The lowest BCUT2D eigenvalue weighted by atomic mass is 10.1. The molecule has 0 spiro atoms. The molecule has 4 N–H and O–H groups in total. The third-order valence-corrected chi connectivity index (χ3v) is 4.08. The van der Waals surface area contributed by atoms with Gasteiger partial charge >= 0.3 is 11.9 Å². The molecule has 0 saturated heterocycles. The van der Waals surface area contributed by atoms with Crippen LogP contribution in [0, 0.1) is 0 Å². The maximum atomic E-state index is 12.0. The Labute approximate surface area is 160 Å². The monoisotopic (exact) mass is 399 g/mol. The molecular weight excluding hydrogens is 378 g/mol. The number of nitrogens with one attached hydrogen (secondary N) is 2. The highest BCUT2D eigenvalue weighted by atomic mass is 32.1. The molecule has 1 rings (SSSR count). The van der Waals surface area contributed by atoms with E-state index in [0.717, 1.165) is 4.90 Å². The predicted molar refractivity (Wildman–Crippen MR) is 96.8 cm³/mol. The molecule has 148 valence electrons. The molecule has 2 atom stereocenters. The van der Waals surface area contributed by atoms with Gasteiger partial charge in [-0.15, -0.1) is 0 Å². The van der Waals surface area contributed by atoms with Crippen LogP contribution in [0.1, 0.15) is 19.3 Å². The second kappa shape index (κ2) is 11.0. The minimum Gasteiger partial charge on any atom is -0.480 e. The van der Waals surface area contributed by atoms with Crippen molar-refractivity contribution in [2.45, 2.75) is 31.3 Å². The molecule has 0 unspecified atom stereocenters. The van der Waals surface area contributed by atoms with E-state index in [1.165, 1.54) is 0 Å². The Hall–Kier alpha value is -2.82. The van der Waals surface area contributed by atoms with Crippen LogP contribution in [0.25, 0.3) is 0 Å². The summed E-state index contributed by atoms with van der Waals surface area (Å²) in [7, 11) is 0. The summed E-state index contributed by atoms with van der Waals surface area (Å²) in [5.41, 5.74) is 0.513. The van der Waals surface area contributed by atoms with Crippen molar-refractivity contribution < 1.29 is 34.2 Å². The molecule has 27 heavy (non-hydrogen) atoms. The van der Waals surface area contributed by atoms with Crippen LogP contribution in [0.15, 0.2) is 23.9 Å². The molecular formula is C16H21N3O7S. The Morgan fingerprint density at radius 3 is 2.48 bits per heavy atom. The highest BCUT2D eigenvalue weighted by molar-refractivity contribution is 7.80. The molecule has 0 aromatic carbocycles. The average Bonchev–Trinajstić information content (AvgIpc) is 3.14. The van der Waals surface area contributed by atoms with Crippen molar-refractivity contribution >= 4 is 42.8 Å². The summed E-state index contributed by atoms with van der Waals surface area (Å²) >= 11 is 3.94. The number of amides is 3. The fourth-order valence-corrected chi connectivity index (χ4v) is 2.62. The van der Waals surface area contributed by atoms with Gasteiger partial charge in [-0.1, -0.05) is 12.2 Å². The number of carbonyl (C=O) groups is 5. The van der Waals surface area contributed by atoms with Crippen molar-refractivity contribution in [3.05, 3.63) is 23.9 Å². The summed E-state index contributed by atoms with van der Waals surface area (Å²) in [6.07, 6.45) is 5.50. The molecule has 0 heterocycles. The molecule has 0 radical (unpaired) electrons. The zero-order valence-corrected chi connectivity index (χ0v) is 15.2. The minimum absolute atomic E-state index is 0.0709. The maximum Gasteiger partial charge on any atom is 0.326 e. The molecule has 1 aliphatic rings. The lowest BCUT2D eigenvalue weighted by Crippen LogP contribution is -2.49. The van der Waals surface area contributed by atoms with Crippen molar-refractivity contribution in [2.75, 3.05) is 12.3 Å². The molecule has 0 aliphatic heterocycles. The first kappa shape index (κ1) is 22.2. The van der Waals surface area contributed by atoms with E-state index in [4.69, 9.17) is 5.11 Å². The van der Waals surface area contributed by atoms with Crippen LogP contribution in [-0.4, -0.2) is 69.7 Å². The molecule has 0 fully saturated rings. The van der Waals surface area contributed by atoms with Gasteiger partial charge in [0.15, 0.2) is 0 Å². The van der Waals surface area contributed by atoms with Gasteiger partial charge in [-0.05, 0) is 12.5 Å². The first-order valence-corrected chi connectivity index (χ1v) is 8.65. The van der Waals surface area contributed by atoms with Gasteiger partial charge in [0.1, 0.15) is 18.6 Å². The molecule has 1 aliphatic carbocycles. The van der Waals surface area contributed by atoms with E-state index in [9.17, 15) is 29.1 Å². The van der Waals surface area contributed by atoms with E-state index in [2.05, 4.69) is 23.3 Å². The van der Waals surface area contributed by atoms with Crippen LogP contribution in [0.4, 0.5) is 0 Å². The fourth-order valence-electron chi connectivity index (χ4n) is 2.36. The quantitative estimate of drug-likeness (QED) is 0.211. The average molecular weight is 399 g/mol. The lowest BCUT2D eigenvalue weighted by molar-refractivity contribution is -0.145. The van der Waals surface area contributed by atoms with Crippen molar-refractivity contribution in [3.63, 3.8) is 0 Å². The molecule has 0 saturated carbocycles. The van der Waals surface area contributed by atoms with Crippen LogP contribution >= 0.6 is 12.6 Å². The zero-order chi connectivity index (χ0) is 20.4. The number of hydrogen-bond acceptors (Lipinski definition) is 6. The summed E-state index contributed by atoms with van der Waals surface area (Å²) in [4.78, 5) is 58.2. The van der Waals surface area contributed by atoms with Gasteiger partial charge in [-0.25, -0.2) is 4.79 Å². The summed E-state index contributed by atoms with van der Waals surface area (Å²) in [6, 6.07) is -2.29. The fraction of sp³-hybridized carbons (Fsp3) is 0.438. The Kier molecular flexibility index (Phi) is 9.06. The van der Waals surface area contributed by atoms with Crippen LogP contribution in [-0.2, 0) is 24.0 Å². The summed E-state index contributed by atoms with van der Waals surface area (Å²) < 4.78 is 0. The van der Waals surface area contributed by atoms with E-state index in [1.807, 2.05) is 0 Å². The minimum atomic E-state index is -1.26. The van der Waals surface area contributed by atoms with Crippen molar-refractivity contribution in [3.8, 4) is 0 Å². The van der Waals surface area contributed by atoms with E-state index in [0.29, 0.717) is 18.5 Å². The van der Waals surface area contributed by atoms with Gasteiger partial charge < -0.3 is 25.7 Å². The first-order valence-electron chi connectivity index (χ1n) is 8.02. The van der Waals surface area contributed by atoms with Gasteiger partial charge in [0.05, 0.1) is 0 Å². The standard InChI is InChI=1S/C16H21N3O7S/c20-9-19(10-3-1-2-4-10)12(16(25)26)5-6-13(21)18-11(8-27)15(24)17-7-14(22)23/h1-3,9,11-12,27H,4-8H2,(H,17,24)(H,18,21)(H,22,23)(H,25,26)/t11-,12-/m0/s1. The topological polar surface area (TPSA) is 153 Å². The predicted octanol–water partition coefficient (Wildman–Crippen LogP) is -0.863. The van der Waals surface area contributed by atoms with Gasteiger partial charge in [-0.3, -0.25) is 19.2 Å². The van der Waals surface area contributed by atoms with Gasteiger partial charge in [-0.2, -0.15) is 12.6 Å². The highest BCUT2D eigenvalue weighted by Gasteiger charge is 2.28. The number of aliphatic carboxylic acids is 2. The Bertz CT molecular complexity index is 662. The SMILES string of the molecule is O=CN(C1=CC=CC1)[C@@H](CCC(=O)N[C@@H](CS)C(=O)NCC(=O)O)C(=O)O. The van der Waals surface area contributed by atoms with Crippen LogP contribution in [0.2, 0.25) is 0 Å². The summed E-state index contributed by atoms with van der Waals surface area (Å²) in [6.45, 7) is -0.600. The highest BCUT2D eigenvalue weighted by Crippen LogP contribution is 2.19. The first-order chi connectivity index (χ1) is 12.8. The molecule has 11 heteroatoms. The second-order valence-electron chi connectivity index (χ2n) is 5.61. The number of allylic oxidation sites excluding steroid dienone is 3. The van der Waals surface area contributed by atoms with Crippen molar-refractivity contribution in [1.29, 1.82) is 0 Å². The molecule has 3 amide bonds. The summed E-state index contributed by atoms with van der Waals surface area (Å²) in [5.74, 6) is -3.89. The Balaban J connectivity index is 2.62. The van der Waals surface area contributed by atoms with Gasteiger partial charge in [0, 0.05) is 24.3 Å². The van der Waals surface area contributed by atoms with E-state index in [-0.39, 0.29) is 18.6 Å². The molecule has 0 bridgehead atoms. The number of rotatable bonds is 12. The number of thiol groups is 1. The zero-order valence-electron chi connectivity index (χ0n) is 14.3. The smallest absolute Gasteiger partial charge is 0.326 e. The number of carbonyl (C=O) groups excluding carboxylic acids is 3. The molecule has 0 aromatic heterocycles. The third-order valence-electron chi connectivity index (χ3n) is 3.71. The number of nitrogens with zero attached hydrogens (tertiary/aromatic N) is 1. The molecule has 10 nitrogen and oxygen atoms in total. The third kappa shape index (κ3) is 7.13. The van der Waals surface area contributed by atoms with E-state index >= 15 is 0 Å². The Morgan fingerprint density at radius 1 is 1.30 bits per heavy atom. The van der Waals surface area contributed by atoms with Crippen LogP contribution in [0.3, 0.4) is 0 Å². The van der Waals surface area contributed by atoms with Crippen LogP contribution < -0.4 is 10.6 Å². The van der Waals surface area contributed by atoms with E-state index < -0.39 is 42.4 Å². The summed E-state index contributed by atoms with van der Waals surface area (Å²) in [5, 5.41) is 22.4. The number of carboxylic acids is 2. The second-order valence-corrected chi connectivity index (χ2v) is 5.98. The largest absolute Gasteiger partial charge is 0.480 e. The Morgan fingerprint density at radius 2 is 2.00 bits per heavy atom. The van der Waals surface area contributed by atoms with Gasteiger partial charge in [0.2, 0.25) is 18.2 Å². The van der Waals surface area contributed by atoms with Crippen molar-refractivity contribution in [2.24, 2.45) is 0 Å².